The summed E-state index contributed by atoms with van der Waals surface area (Å²) in [7, 11) is 0. The van der Waals surface area contributed by atoms with Crippen LogP contribution in [0.4, 0.5) is 0 Å². The number of carbonyl (C=O) groups is 2. The highest BCUT2D eigenvalue weighted by Gasteiger charge is 2.23. The van der Waals surface area contributed by atoms with E-state index in [-0.39, 0.29) is 18.7 Å². The van der Waals surface area contributed by atoms with Gasteiger partial charge in [0.2, 0.25) is 5.91 Å². The largest absolute Gasteiger partial charge is 0.481 e. The van der Waals surface area contributed by atoms with Gasteiger partial charge in [-0.2, -0.15) is 0 Å². The molecule has 0 saturated carbocycles. The molecule has 6 nitrogen and oxygen atoms in total. The molecular weight excluding hydrogens is 236 g/mol. The van der Waals surface area contributed by atoms with Gasteiger partial charge >= 0.3 is 5.97 Å². The molecule has 0 fully saturated rings. The summed E-state index contributed by atoms with van der Waals surface area (Å²) < 4.78 is 4.77. The summed E-state index contributed by atoms with van der Waals surface area (Å²) in [5, 5.41) is 15.1. The molecular formula is C12H18N2O4. The zero-order chi connectivity index (χ0) is 13.8. The van der Waals surface area contributed by atoms with Crippen LogP contribution in [0.15, 0.2) is 10.8 Å². The van der Waals surface area contributed by atoms with Gasteiger partial charge in [0.15, 0.2) is 0 Å². The maximum Gasteiger partial charge on any atom is 0.305 e. The van der Waals surface area contributed by atoms with Crippen LogP contribution in [-0.2, 0) is 16.0 Å². The van der Waals surface area contributed by atoms with E-state index in [0.29, 0.717) is 6.42 Å². The Kier molecular flexibility index (Phi) is 4.47. The highest BCUT2D eigenvalue weighted by Crippen LogP contribution is 2.11. The van der Waals surface area contributed by atoms with E-state index in [1.165, 1.54) is 6.26 Å². The van der Waals surface area contributed by atoms with Gasteiger partial charge in [0.1, 0.15) is 6.26 Å². The Bertz CT molecular complexity index is 437. The Morgan fingerprint density at radius 1 is 1.50 bits per heavy atom. The third kappa shape index (κ3) is 4.57. The lowest BCUT2D eigenvalue weighted by atomic mass is 10.0. The van der Waals surface area contributed by atoms with Crippen molar-refractivity contribution in [2.45, 2.75) is 45.6 Å². The second-order valence-electron chi connectivity index (χ2n) is 4.93. The lowest BCUT2D eigenvalue weighted by molar-refractivity contribution is -0.138. The van der Waals surface area contributed by atoms with Gasteiger partial charge in [-0.3, -0.25) is 9.59 Å². The maximum absolute atomic E-state index is 11.7. The van der Waals surface area contributed by atoms with E-state index in [9.17, 15) is 9.59 Å². The minimum absolute atomic E-state index is 0.106. The van der Waals surface area contributed by atoms with Crippen molar-refractivity contribution in [2.75, 3.05) is 0 Å². The van der Waals surface area contributed by atoms with E-state index in [0.717, 1.165) is 11.3 Å². The molecule has 0 atom stereocenters. The summed E-state index contributed by atoms with van der Waals surface area (Å²) in [6.07, 6.45) is 2.23. The van der Waals surface area contributed by atoms with Crippen molar-refractivity contribution in [3.63, 3.8) is 0 Å². The van der Waals surface area contributed by atoms with E-state index in [4.69, 9.17) is 9.63 Å². The van der Waals surface area contributed by atoms with Crippen LogP contribution in [0, 0.1) is 6.92 Å². The first kappa shape index (κ1) is 14.2. The molecule has 18 heavy (non-hydrogen) atoms. The van der Waals surface area contributed by atoms with Gasteiger partial charge in [-0.25, -0.2) is 0 Å². The van der Waals surface area contributed by atoms with Crippen LogP contribution in [0.1, 0.15) is 37.9 Å². The Balaban J connectivity index is 2.42. The Hall–Kier alpha value is -1.85. The fraction of sp³-hybridized carbons (Fsp3) is 0.583. The van der Waals surface area contributed by atoms with Crippen LogP contribution in [-0.4, -0.2) is 27.7 Å². The van der Waals surface area contributed by atoms with Gasteiger partial charge in [0.05, 0.1) is 12.1 Å². The van der Waals surface area contributed by atoms with Crippen LogP contribution in [0.5, 0.6) is 0 Å². The summed E-state index contributed by atoms with van der Waals surface area (Å²) in [4.78, 5) is 22.3. The predicted octanol–water partition coefficient (Wildman–Crippen LogP) is 1.29. The average Bonchev–Trinajstić information content (AvgIpc) is 2.58. The maximum atomic E-state index is 11.7. The Labute approximate surface area is 105 Å². The number of carboxylic acids is 1. The molecule has 6 heteroatoms. The van der Waals surface area contributed by atoms with Gasteiger partial charge in [0, 0.05) is 17.5 Å². The molecule has 0 aliphatic rings. The number of amides is 1. The smallest absolute Gasteiger partial charge is 0.305 e. The first-order valence-corrected chi connectivity index (χ1v) is 5.73. The van der Waals surface area contributed by atoms with Crippen molar-refractivity contribution in [1.82, 2.24) is 10.5 Å². The highest BCUT2D eigenvalue weighted by atomic mass is 16.5. The summed E-state index contributed by atoms with van der Waals surface area (Å²) in [6, 6.07) is 0. The van der Waals surface area contributed by atoms with Crippen LogP contribution < -0.4 is 5.32 Å². The lowest BCUT2D eigenvalue weighted by Crippen LogP contribution is -2.45. The monoisotopic (exact) mass is 254 g/mol. The van der Waals surface area contributed by atoms with Crippen LogP contribution in [0.2, 0.25) is 0 Å². The van der Waals surface area contributed by atoms with E-state index < -0.39 is 11.5 Å². The second kappa shape index (κ2) is 5.66. The minimum Gasteiger partial charge on any atom is -0.481 e. The molecule has 1 aromatic heterocycles. The summed E-state index contributed by atoms with van der Waals surface area (Å²) in [5.74, 6) is -1.11. The van der Waals surface area contributed by atoms with Crippen molar-refractivity contribution >= 4 is 11.9 Å². The molecule has 1 aromatic rings. The molecule has 1 heterocycles. The number of rotatable bonds is 6. The summed E-state index contributed by atoms with van der Waals surface area (Å²) in [6.45, 7) is 5.18. The molecule has 0 bridgehead atoms. The van der Waals surface area contributed by atoms with Crippen LogP contribution in [0.3, 0.4) is 0 Å². The minimum atomic E-state index is -0.935. The van der Waals surface area contributed by atoms with Crippen molar-refractivity contribution < 1.29 is 19.2 Å². The Morgan fingerprint density at radius 3 is 2.67 bits per heavy atom. The zero-order valence-electron chi connectivity index (χ0n) is 10.8. The standard InChI is InChI=1S/C12H18N2O4/c1-8-9(7-18-14-8)4-5-10(15)13-12(2,3)6-11(16)17/h7H,4-6H2,1-3H3,(H,13,15)(H,16,17). The number of aromatic nitrogens is 1. The fourth-order valence-corrected chi connectivity index (χ4v) is 1.66. The first-order chi connectivity index (χ1) is 8.30. The average molecular weight is 254 g/mol. The van der Waals surface area contributed by atoms with E-state index >= 15 is 0 Å². The number of carboxylic acid groups (broad SMARTS) is 1. The molecule has 1 amide bonds. The molecule has 0 aliphatic carbocycles. The molecule has 0 radical (unpaired) electrons. The van der Waals surface area contributed by atoms with E-state index in [2.05, 4.69) is 10.5 Å². The van der Waals surface area contributed by atoms with Gasteiger partial charge < -0.3 is 14.9 Å². The van der Waals surface area contributed by atoms with E-state index in [1.807, 2.05) is 6.92 Å². The molecule has 0 spiro atoms. The highest BCUT2D eigenvalue weighted by molar-refractivity contribution is 5.78. The van der Waals surface area contributed by atoms with Gasteiger partial charge in [-0.15, -0.1) is 0 Å². The van der Waals surface area contributed by atoms with Crippen LogP contribution in [0.25, 0.3) is 0 Å². The topological polar surface area (TPSA) is 92.4 Å². The number of aryl methyl sites for hydroxylation is 2. The molecule has 0 aromatic carbocycles. The number of nitrogens with one attached hydrogen (secondary N) is 1. The lowest BCUT2D eigenvalue weighted by Gasteiger charge is -2.24. The third-order valence-corrected chi connectivity index (χ3v) is 2.54. The third-order valence-electron chi connectivity index (χ3n) is 2.54. The first-order valence-electron chi connectivity index (χ1n) is 5.73. The van der Waals surface area contributed by atoms with E-state index in [1.54, 1.807) is 13.8 Å². The van der Waals surface area contributed by atoms with Crippen molar-refractivity contribution in [1.29, 1.82) is 0 Å². The number of nitrogens with zero attached hydrogens (tertiary/aromatic N) is 1. The number of hydrogen-bond donors (Lipinski definition) is 2. The normalized spacial score (nSPS) is 11.3. The van der Waals surface area contributed by atoms with Crippen molar-refractivity contribution in [2.24, 2.45) is 0 Å². The van der Waals surface area contributed by atoms with Crippen molar-refractivity contribution in [3.05, 3.63) is 17.5 Å². The number of aliphatic carboxylic acids is 1. The van der Waals surface area contributed by atoms with Gasteiger partial charge in [-0.05, 0) is 27.2 Å². The zero-order valence-corrected chi connectivity index (χ0v) is 10.8. The molecule has 0 saturated heterocycles. The van der Waals surface area contributed by atoms with Gasteiger partial charge in [0.25, 0.3) is 0 Å². The molecule has 2 N–H and O–H groups in total. The second-order valence-corrected chi connectivity index (χ2v) is 4.93. The molecule has 100 valence electrons. The van der Waals surface area contributed by atoms with Crippen LogP contribution >= 0.6 is 0 Å². The fourth-order valence-electron chi connectivity index (χ4n) is 1.66. The van der Waals surface area contributed by atoms with Crippen molar-refractivity contribution in [3.8, 4) is 0 Å². The Morgan fingerprint density at radius 2 is 2.17 bits per heavy atom. The number of hydrogen-bond acceptors (Lipinski definition) is 4. The summed E-state index contributed by atoms with van der Waals surface area (Å²) >= 11 is 0. The number of carbonyl (C=O) groups excluding carboxylic acids is 1. The predicted molar refractivity (Wildman–Crippen MR) is 64.0 cm³/mol. The molecule has 0 aliphatic heterocycles. The SMILES string of the molecule is Cc1nocc1CCC(=O)NC(C)(C)CC(=O)O. The molecule has 1 rings (SSSR count). The summed E-state index contributed by atoms with van der Waals surface area (Å²) in [5.41, 5.74) is 0.917. The van der Waals surface area contributed by atoms with Gasteiger partial charge in [-0.1, -0.05) is 5.16 Å². The quantitative estimate of drug-likeness (QED) is 0.797. The molecule has 0 unspecified atom stereocenters.